The second-order valence-electron chi connectivity index (χ2n) is 5.32. The number of nitrogens with one attached hydrogen (secondary N) is 1. The van der Waals surface area contributed by atoms with Crippen LogP contribution >= 0.6 is 0 Å². The van der Waals surface area contributed by atoms with Crippen molar-refractivity contribution in [2.45, 2.75) is 19.4 Å². The summed E-state index contributed by atoms with van der Waals surface area (Å²) in [5.41, 5.74) is 6.08. The fraction of sp³-hybridized carbons (Fsp3) is 0.500. The highest BCUT2D eigenvalue weighted by Crippen LogP contribution is 2.29. The van der Waals surface area contributed by atoms with Gasteiger partial charge in [-0.2, -0.15) is 0 Å². The minimum Gasteiger partial charge on any atom is -0.381 e. The average Bonchev–Trinajstić information content (AvgIpc) is 2.96. The minimum absolute atomic E-state index is 0.0269. The van der Waals surface area contributed by atoms with Gasteiger partial charge in [-0.3, -0.25) is 9.20 Å². The Morgan fingerprint density at radius 2 is 2.19 bits per heavy atom. The number of amides is 1. The fourth-order valence-corrected chi connectivity index (χ4v) is 2.64. The molecular weight excluding hydrogens is 270 g/mol. The zero-order valence-corrected chi connectivity index (χ0v) is 11.8. The van der Waals surface area contributed by atoms with E-state index in [-0.39, 0.29) is 5.91 Å². The van der Waals surface area contributed by atoms with Gasteiger partial charge in [-0.1, -0.05) is 6.07 Å². The first kappa shape index (κ1) is 14.0. The number of ether oxygens (including phenoxy) is 1. The highest BCUT2D eigenvalue weighted by Gasteiger charge is 2.38. The summed E-state index contributed by atoms with van der Waals surface area (Å²) in [6, 6.07) is 5.68. The standard InChI is InChI=1S/C14H19N5O2/c15-10-14(4-7-21-8-5-14)13(20)16-9-12-18-17-11-3-1-2-6-19(11)12/h1-3,6H,4-5,7-10,15H2,(H,16,20). The van der Waals surface area contributed by atoms with Crippen LogP contribution in [0.3, 0.4) is 0 Å². The molecule has 1 fully saturated rings. The van der Waals surface area contributed by atoms with E-state index in [4.69, 9.17) is 10.5 Å². The third-order valence-electron chi connectivity index (χ3n) is 4.11. The van der Waals surface area contributed by atoms with Crippen LogP contribution in [0.1, 0.15) is 18.7 Å². The van der Waals surface area contributed by atoms with E-state index in [0.29, 0.717) is 45.0 Å². The van der Waals surface area contributed by atoms with E-state index in [1.54, 1.807) is 0 Å². The van der Waals surface area contributed by atoms with Crippen LogP contribution in [0.2, 0.25) is 0 Å². The van der Waals surface area contributed by atoms with Crippen molar-refractivity contribution in [3.05, 3.63) is 30.2 Å². The van der Waals surface area contributed by atoms with E-state index in [1.807, 2.05) is 28.8 Å². The molecule has 3 rings (SSSR count). The van der Waals surface area contributed by atoms with Gasteiger partial charge in [-0.05, 0) is 25.0 Å². The van der Waals surface area contributed by atoms with Crippen LogP contribution in [-0.4, -0.2) is 40.3 Å². The Morgan fingerprint density at radius 3 is 2.95 bits per heavy atom. The lowest BCUT2D eigenvalue weighted by Crippen LogP contribution is -2.49. The van der Waals surface area contributed by atoms with Gasteiger partial charge in [-0.15, -0.1) is 10.2 Å². The number of carbonyl (C=O) groups is 1. The number of hydrogen-bond acceptors (Lipinski definition) is 5. The summed E-state index contributed by atoms with van der Waals surface area (Å²) < 4.78 is 7.18. The van der Waals surface area contributed by atoms with E-state index in [0.717, 1.165) is 5.65 Å². The van der Waals surface area contributed by atoms with Gasteiger partial charge in [0, 0.05) is 26.0 Å². The van der Waals surface area contributed by atoms with Crippen LogP contribution < -0.4 is 11.1 Å². The smallest absolute Gasteiger partial charge is 0.228 e. The molecule has 0 saturated carbocycles. The molecule has 7 nitrogen and oxygen atoms in total. The Hall–Kier alpha value is -1.99. The van der Waals surface area contributed by atoms with Gasteiger partial charge >= 0.3 is 0 Å². The number of fused-ring (bicyclic) bond motifs is 1. The van der Waals surface area contributed by atoms with Gasteiger partial charge < -0.3 is 15.8 Å². The molecule has 0 atom stereocenters. The molecule has 0 aliphatic carbocycles. The maximum Gasteiger partial charge on any atom is 0.228 e. The molecule has 3 N–H and O–H groups in total. The minimum atomic E-state index is -0.515. The Morgan fingerprint density at radius 1 is 1.38 bits per heavy atom. The van der Waals surface area contributed by atoms with Gasteiger partial charge in [0.25, 0.3) is 0 Å². The molecule has 0 aromatic carbocycles. The topological polar surface area (TPSA) is 94.5 Å². The summed E-state index contributed by atoms with van der Waals surface area (Å²) >= 11 is 0. The van der Waals surface area contributed by atoms with Crippen LogP contribution in [0.5, 0.6) is 0 Å². The van der Waals surface area contributed by atoms with Crippen molar-refractivity contribution in [1.82, 2.24) is 19.9 Å². The Bertz CT molecular complexity index is 633. The van der Waals surface area contributed by atoms with Gasteiger partial charge in [0.05, 0.1) is 12.0 Å². The molecule has 0 spiro atoms. The maximum absolute atomic E-state index is 12.5. The molecular formula is C14H19N5O2. The predicted octanol–water partition coefficient (Wildman–Crippen LogP) is 0.101. The molecule has 112 valence electrons. The van der Waals surface area contributed by atoms with E-state index >= 15 is 0 Å². The second kappa shape index (κ2) is 5.79. The Balaban J connectivity index is 1.70. The zero-order chi connectivity index (χ0) is 14.7. The molecule has 0 bridgehead atoms. The van der Waals surface area contributed by atoms with Gasteiger partial charge in [-0.25, -0.2) is 0 Å². The normalized spacial score (nSPS) is 17.8. The van der Waals surface area contributed by atoms with E-state index in [1.165, 1.54) is 0 Å². The molecule has 7 heteroatoms. The molecule has 2 aromatic heterocycles. The van der Waals surface area contributed by atoms with Crippen LogP contribution in [0.15, 0.2) is 24.4 Å². The maximum atomic E-state index is 12.5. The van der Waals surface area contributed by atoms with Crippen molar-refractivity contribution in [2.75, 3.05) is 19.8 Å². The molecule has 1 aliphatic rings. The highest BCUT2D eigenvalue weighted by molar-refractivity contribution is 5.83. The summed E-state index contributed by atoms with van der Waals surface area (Å²) in [7, 11) is 0. The first-order chi connectivity index (χ1) is 10.2. The zero-order valence-electron chi connectivity index (χ0n) is 11.8. The van der Waals surface area contributed by atoms with Gasteiger partial charge in [0.2, 0.25) is 5.91 Å². The molecule has 1 aliphatic heterocycles. The van der Waals surface area contributed by atoms with E-state index in [9.17, 15) is 4.79 Å². The number of aromatic nitrogens is 3. The molecule has 3 heterocycles. The second-order valence-corrected chi connectivity index (χ2v) is 5.32. The molecule has 21 heavy (non-hydrogen) atoms. The Labute approximate surface area is 122 Å². The third kappa shape index (κ3) is 2.62. The lowest BCUT2D eigenvalue weighted by Gasteiger charge is -2.34. The lowest BCUT2D eigenvalue weighted by atomic mass is 9.79. The number of nitrogens with two attached hydrogens (primary N) is 1. The summed E-state index contributed by atoms with van der Waals surface area (Å²) in [5, 5.41) is 11.1. The Kier molecular flexibility index (Phi) is 3.85. The van der Waals surface area contributed by atoms with Crippen LogP contribution in [0.4, 0.5) is 0 Å². The monoisotopic (exact) mass is 289 g/mol. The molecule has 1 amide bonds. The number of nitrogens with zero attached hydrogens (tertiary/aromatic N) is 3. The van der Waals surface area contributed by atoms with Crippen molar-refractivity contribution < 1.29 is 9.53 Å². The predicted molar refractivity (Wildman–Crippen MR) is 76.4 cm³/mol. The summed E-state index contributed by atoms with van der Waals surface area (Å²) in [5.74, 6) is 0.680. The van der Waals surface area contributed by atoms with Crippen LogP contribution in [0.25, 0.3) is 5.65 Å². The summed E-state index contributed by atoms with van der Waals surface area (Å²) in [6.45, 7) is 1.84. The SMILES string of the molecule is NCC1(C(=O)NCc2nnc3ccccn23)CCOCC1. The van der Waals surface area contributed by atoms with Crippen LogP contribution in [-0.2, 0) is 16.1 Å². The molecule has 0 radical (unpaired) electrons. The average molecular weight is 289 g/mol. The van der Waals surface area contributed by atoms with Gasteiger partial charge in [0.1, 0.15) is 0 Å². The first-order valence-electron chi connectivity index (χ1n) is 7.10. The number of hydrogen-bond donors (Lipinski definition) is 2. The number of rotatable bonds is 4. The van der Waals surface area contributed by atoms with Crippen molar-refractivity contribution in [3.63, 3.8) is 0 Å². The molecule has 2 aromatic rings. The highest BCUT2D eigenvalue weighted by atomic mass is 16.5. The van der Waals surface area contributed by atoms with E-state index < -0.39 is 5.41 Å². The molecule has 1 saturated heterocycles. The largest absolute Gasteiger partial charge is 0.381 e. The molecule has 0 unspecified atom stereocenters. The third-order valence-corrected chi connectivity index (χ3v) is 4.11. The van der Waals surface area contributed by atoms with Crippen molar-refractivity contribution in [2.24, 2.45) is 11.1 Å². The summed E-state index contributed by atoms with van der Waals surface area (Å²) in [6.07, 6.45) is 3.20. The number of carbonyl (C=O) groups excluding carboxylic acids is 1. The summed E-state index contributed by atoms with van der Waals surface area (Å²) in [4.78, 5) is 12.5. The van der Waals surface area contributed by atoms with Crippen molar-refractivity contribution in [3.8, 4) is 0 Å². The van der Waals surface area contributed by atoms with E-state index in [2.05, 4.69) is 15.5 Å². The fourth-order valence-electron chi connectivity index (χ4n) is 2.64. The van der Waals surface area contributed by atoms with Crippen molar-refractivity contribution in [1.29, 1.82) is 0 Å². The first-order valence-corrected chi connectivity index (χ1v) is 7.10. The lowest BCUT2D eigenvalue weighted by molar-refractivity contribution is -0.136. The van der Waals surface area contributed by atoms with Gasteiger partial charge in [0.15, 0.2) is 11.5 Å². The van der Waals surface area contributed by atoms with Crippen LogP contribution in [0, 0.1) is 5.41 Å². The van der Waals surface area contributed by atoms with Crippen molar-refractivity contribution >= 4 is 11.6 Å². The quantitative estimate of drug-likeness (QED) is 0.832. The number of pyridine rings is 1.